The lowest BCUT2D eigenvalue weighted by Crippen LogP contribution is -2.36. The Balaban J connectivity index is 1.55. The van der Waals surface area contributed by atoms with E-state index in [4.69, 9.17) is 9.47 Å². The Morgan fingerprint density at radius 3 is 2.38 bits per heavy atom. The summed E-state index contributed by atoms with van der Waals surface area (Å²) < 4.78 is 12.1. The molecule has 138 valence electrons. The number of carbonyl (C=O) groups is 1. The van der Waals surface area contributed by atoms with Gasteiger partial charge in [-0.05, 0) is 61.4 Å². The Labute approximate surface area is 162 Å². The molecule has 26 heavy (non-hydrogen) atoms. The van der Waals surface area contributed by atoms with Crippen LogP contribution in [0.4, 0.5) is 11.4 Å². The van der Waals surface area contributed by atoms with Crippen LogP contribution < -0.4 is 15.0 Å². The Morgan fingerprint density at radius 1 is 1.15 bits per heavy atom. The fraction of sp³-hybridized carbons (Fsp3) is 0.350. The number of hydrogen-bond donors (Lipinski definition) is 1. The van der Waals surface area contributed by atoms with E-state index in [-0.39, 0.29) is 12.5 Å². The zero-order valence-electron chi connectivity index (χ0n) is 15.0. The minimum absolute atomic E-state index is 0.0193. The number of aryl methyl sites for hydroxylation is 2. The van der Waals surface area contributed by atoms with Gasteiger partial charge in [-0.15, -0.1) is 0 Å². The van der Waals surface area contributed by atoms with Crippen molar-refractivity contribution in [3.05, 3.63) is 52.0 Å². The summed E-state index contributed by atoms with van der Waals surface area (Å²) in [6, 6.07) is 11.8. The molecule has 3 rings (SSSR count). The van der Waals surface area contributed by atoms with Gasteiger partial charge in [0.2, 0.25) is 0 Å². The first-order chi connectivity index (χ1) is 12.5. The van der Waals surface area contributed by atoms with E-state index in [1.807, 2.05) is 50.2 Å². The SMILES string of the molecule is Cc1cc(Br)cc(C)c1OCC(=O)Nc1ccc(N2CCOCC2)cc1. The second-order valence-corrected chi connectivity index (χ2v) is 7.27. The van der Waals surface area contributed by atoms with Crippen molar-refractivity contribution < 1.29 is 14.3 Å². The highest BCUT2D eigenvalue weighted by Crippen LogP contribution is 2.27. The molecule has 1 fully saturated rings. The van der Waals surface area contributed by atoms with Crippen LogP contribution in [0.1, 0.15) is 11.1 Å². The molecule has 0 aromatic heterocycles. The number of rotatable bonds is 5. The fourth-order valence-electron chi connectivity index (χ4n) is 3.04. The number of nitrogens with zero attached hydrogens (tertiary/aromatic N) is 1. The quantitative estimate of drug-likeness (QED) is 0.799. The number of nitrogens with one attached hydrogen (secondary N) is 1. The second-order valence-electron chi connectivity index (χ2n) is 6.35. The number of halogens is 1. The summed E-state index contributed by atoms with van der Waals surface area (Å²) >= 11 is 3.46. The van der Waals surface area contributed by atoms with E-state index in [1.165, 1.54) is 0 Å². The lowest BCUT2D eigenvalue weighted by atomic mass is 10.1. The number of anilines is 2. The highest BCUT2D eigenvalue weighted by Gasteiger charge is 2.12. The van der Waals surface area contributed by atoms with Crippen LogP contribution in [-0.4, -0.2) is 38.8 Å². The maximum Gasteiger partial charge on any atom is 0.262 e. The van der Waals surface area contributed by atoms with Crippen molar-refractivity contribution in [2.75, 3.05) is 43.1 Å². The monoisotopic (exact) mass is 418 g/mol. The van der Waals surface area contributed by atoms with E-state index < -0.39 is 0 Å². The summed E-state index contributed by atoms with van der Waals surface area (Å²) in [5.74, 6) is 0.580. The maximum absolute atomic E-state index is 12.2. The van der Waals surface area contributed by atoms with Gasteiger partial charge in [0.05, 0.1) is 13.2 Å². The van der Waals surface area contributed by atoms with Crippen LogP contribution in [-0.2, 0) is 9.53 Å². The van der Waals surface area contributed by atoms with Gasteiger partial charge in [0.15, 0.2) is 6.61 Å². The minimum Gasteiger partial charge on any atom is -0.483 e. The molecule has 0 bridgehead atoms. The van der Waals surface area contributed by atoms with Gasteiger partial charge in [0.1, 0.15) is 5.75 Å². The van der Waals surface area contributed by atoms with Crippen LogP contribution >= 0.6 is 15.9 Å². The third kappa shape index (κ3) is 4.77. The maximum atomic E-state index is 12.2. The lowest BCUT2D eigenvalue weighted by molar-refractivity contribution is -0.118. The molecule has 2 aromatic rings. The molecule has 0 spiro atoms. The van der Waals surface area contributed by atoms with E-state index in [0.29, 0.717) is 0 Å². The Kier molecular flexibility index (Phi) is 6.16. The second kappa shape index (κ2) is 8.56. The van der Waals surface area contributed by atoms with Gasteiger partial charge in [-0.3, -0.25) is 4.79 Å². The van der Waals surface area contributed by atoms with E-state index in [0.717, 1.165) is 59.0 Å². The van der Waals surface area contributed by atoms with Gasteiger partial charge in [0, 0.05) is 28.9 Å². The Morgan fingerprint density at radius 2 is 1.77 bits per heavy atom. The van der Waals surface area contributed by atoms with Crippen molar-refractivity contribution in [2.24, 2.45) is 0 Å². The van der Waals surface area contributed by atoms with Crippen molar-refractivity contribution >= 4 is 33.2 Å². The Bertz CT molecular complexity index is 748. The van der Waals surface area contributed by atoms with Gasteiger partial charge in [-0.1, -0.05) is 15.9 Å². The van der Waals surface area contributed by atoms with Crippen LogP contribution in [0, 0.1) is 13.8 Å². The molecular formula is C20H23BrN2O3. The van der Waals surface area contributed by atoms with E-state index in [2.05, 4.69) is 26.1 Å². The van der Waals surface area contributed by atoms with Crippen LogP contribution in [0.2, 0.25) is 0 Å². The summed E-state index contributed by atoms with van der Waals surface area (Å²) in [6.45, 7) is 7.21. The fourth-order valence-corrected chi connectivity index (χ4v) is 3.72. The molecule has 0 aliphatic carbocycles. The molecular weight excluding hydrogens is 396 g/mol. The first-order valence-corrected chi connectivity index (χ1v) is 9.44. The van der Waals surface area contributed by atoms with E-state index in [9.17, 15) is 4.79 Å². The first-order valence-electron chi connectivity index (χ1n) is 8.65. The zero-order valence-corrected chi connectivity index (χ0v) is 16.6. The van der Waals surface area contributed by atoms with Crippen LogP contribution in [0.5, 0.6) is 5.75 Å². The average molecular weight is 419 g/mol. The topological polar surface area (TPSA) is 50.8 Å². The van der Waals surface area contributed by atoms with Gasteiger partial charge in [-0.25, -0.2) is 0 Å². The smallest absolute Gasteiger partial charge is 0.262 e. The molecule has 1 N–H and O–H groups in total. The number of morpholine rings is 1. The summed E-state index contributed by atoms with van der Waals surface area (Å²) in [7, 11) is 0. The summed E-state index contributed by atoms with van der Waals surface area (Å²) in [6.07, 6.45) is 0. The number of carbonyl (C=O) groups excluding carboxylic acids is 1. The third-order valence-electron chi connectivity index (χ3n) is 4.30. The Hall–Kier alpha value is -2.05. The third-order valence-corrected chi connectivity index (χ3v) is 4.76. The lowest BCUT2D eigenvalue weighted by Gasteiger charge is -2.28. The average Bonchev–Trinajstić information content (AvgIpc) is 2.62. The predicted molar refractivity (Wildman–Crippen MR) is 107 cm³/mol. The summed E-state index contributed by atoms with van der Waals surface area (Å²) in [5, 5.41) is 2.88. The van der Waals surface area contributed by atoms with E-state index >= 15 is 0 Å². The van der Waals surface area contributed by atoms with Crippen molar-refractivity contribution in [3.8, 4) is 5.75 Å². The summed E-state index contributed by atoms with van der Waals surface area (Å²) in [5.41, 5.74) is 3.91. The highest BCUT2D eigenvalue weighted by molar-refractivity contribution is 9.10. The van der Waals surface area contributed by atoms with Crippen molar-refractivity contribution in [1.29, 1.82) is 0 Å². The van der Waals surface area contributed by atoms with Gasteiger partial charge in [0.25, 0.3) is 5.91 Å². The molecule has 0 atom stereocenters. The van der Waals surface area contributed by atoms with Gasteiger partial charge < -0.3 is 19.7 Å². The van der Waals surface area contributed by atoms with Crippen molar-refractivity contribution in [2.45, 2.75) is 13.8 Å². The molecule has 5 nitrogen and oxygen atoms in total. The van der Waals surface area contributed by atoms with Crippen molar-refractivity contribution in [3.63, 3.8) is 0 Å². The molecule has 1 heterocycles. The van der Waals surface area contributed by atoms with Crippen LogP contribution in [0.3, 0.4) is 0 Å². The largest absolute Gasteiger partial charge is 0.483 e. The molecule has 0 unspecified atom stereocenters. The standard InChI is InChI=1S/C20H23BrN2O3/c1-14-11-16(21)12-15(2)20(14)26-13-19(24)22-17-3-5-18(6-4-17)23-7-9-25-10-8-23/h3-6,11-12H,7-10,13H2,1-2H3,(H,22,24). The van der Waals surface area contributed by atoms with Crippen LogP contribution in [0.15, 0.2) is 40.9 Å². The zero-order chi connectivity index (χ0) is 18.5. The first kappa shape index (κ1) is 18.7. The molecule has 1 aliphatic heterocycles. The number of hydrogen-bond acceptors (Lipinski definition) is 4. The normalized spacial score (nSPS) is 14.2. The molecule has 1 amide bonds. The molecule has 0 radical (unpaired) electrons. The number of ether oxygens (including phenoxy) is 2. The molecule has 1 aliphatic rings. The highest BCUT2D eigenvalue weighted by atomic mass is 79.9. The molecule has 1 saturated heterocycles. The molecule has 0 saturated carbocycles. The van der Waals surface area contributed by atoms with Gasteiger partial charge >= 0.3 is 0 Å². The molecule has 2 aromatic carbocycles. The predicted octanol–water partition coefficient (Wildman–Crippen LogP) is 3.92. The van der Waals surface area contributed by atoms with E-state index in [1.54, 1.807) is 0 Å². The summed E-state index contributed by atoms with van der Waals surface area (Å²) in [4.78, 5) is 14.5. The number of benzene rings is 2. The van der Waals surface area contributed by atoms with Crippen molar-refractivity contribution in [1.82, 2.24) is 0 Å². The van der Waals surface area contributed by atoms with Crippen LogP contribution in [0.25, 0.3) is 0 Å². The van der Waals surface area contributed by atoms with Gasteiger partial charge in [-0.2, -0.15) is 0 Å². The molecule has 6 heteroatoms. The minimum atomic E-state index is -0.175. The number of amides is 1.